The van der Waals surface area contributed by atoms with Crippen molar-refractivity contribution in [3.63, 3.8) is 0 Å². The number of ether oxygens (including phenoxy) is 2. The van der Waals surface area contributed by atoms with Gasteiger partial charge in [-0.1, -0.05) is 12.7 Å². The van der Waals surface area contributed by atoms with E-state index >= 15 is 0 Å². The van der Waals surface area contributed by atoms with Gasteiger partial charge in [-0.25, -0.2) is 5.01 Å². The van der Waals surface area contributed by atoms with Crippen LogP contribution < -0.4 is 5.73 Å². The lowest BCUT2D eigenvalue weighted by Gasteiger charge is -2.41. The van der Waals surface area contributed by atoms with Gasteiger partial charge in [-0.15, -0.1) is 5.10 Å². The second kappa shape index (κ2) is 6.21. The van der Waals surface area contributed by atoms with Crippen LogP contribution in [-0.2, 0) is 9.47 Å². The lowest BCUT2D eigenvalue weighted by atomic mass is 9.87. The van der Waals surface area contributed by atoms with Gasteiger partial charge in [0.15, 0.2) is 5.60 Å². The number of rotatable bonds is 4. The second-order valence-electron chi connectivity index (χ2n) is 5.45. The van der Waals surface area contributed by atoms with Crippen molar-refractivity contribution in [3.8, 4) is 6.07 Å². The Hall–Kier alpha value is -2.45. The van der Waals surface area contributed by atoms with Crippen LogP contribution in [-0.4, -0.2) is 69.4 Å². The quantitative estimate of drug-likeness (QED) is 0.505. The third-order valence-electron chi connectivity index (χ3n) is 3.87. The molecule has 0 spiro atoms. The predicted molar refractivity (Wildman–Crippen MR) is 83.5 cm³/mol. The van der Waals surface area contributed by atoms with Crippen LogP contribution in [0.15, 0.2) is 34.5 Å². The first kappa shape index (κ1) is 17.9. The Morgan fingerprint density at radius 2 is 2.29 bits per heavy atom. The first-order valence-corrected chi connectivity index (χ1v) is 6.98. The standard InChI is InChI=1S/C14H19N5O5/c1-4-5-8-11(21)17-12(16)18-19(8)14(7-15)13(2,22)10(20)9(24-14)6-23-3/h4-5,9-10,20,22H,1,6H2,2-3H3,(H3,16,17,18,21)/b8-5-/t9-,10-,13-,14-/m1/s1. The van der Waals surface area contributed by atoms with Crippen LogP contribution in [0.2, 0.25) is 0 Å². The van der Waals surface area contributed by atoms with Gasteiger partial charge in [0.2, 0.25) is 11.9 Å². The molecule has 10 nitrogen and oxygen atoms in total. The van der Waals surface area contributed by atoms with Crippen molar-refractivity contribution in [2.75, 3.05) is 13.7 Å². The van der Waals surface area contributed by atoms with Crippen molar-refractivity contribution in [2.45, 2.75) is 30.5 Å². The van der Waals surface area contributed by atoms with Crippen LogP contribution in [0.1, 0.15) is 6.92 Å². The van der Waals surface area contributed by atoms with Gasteiger partial charge >= 0.3 is 0 Å². The van der Waals surface area contributed by atoms with Crippen LogP contribution in [0.4, 0.5) is 0 Å². The molecule has 0 aromatic rings. The average molecular weight is 337 g/mol. The molecule has 24 heavy (non-hydrogen) atoms. The molecular weight excluding hydrogens is 318 g/mol. The van der Waals surface area contributed by atoms with Crippen LogP contribution in [0.5, 0.6) is 0 Å². The molecule has 10 heteroatoms. The van der Waals surface area contributed by atoms with Crippen molar-refractivity contribution in [1.82, 2.24) is 5.01 Å². The smallest absolute Gasteiger partial charge is 0.282 e. The summed E-state index contributed by atoms with van der Waals surface area (Å²) in [5.41, 5.74) is 1.20. The lowest BCUT2D eigenvalue weighted by molar-refractivity contribution is -0.174. The minimum atomic E-state index is -2.18. The highest BCUT2D eigenvalue weighted by Gasteiger charge is 2.68. The molecule has 2 rings (SSSR count). The van der Waals surface area contributed by atoms with Gasteiger partial charge in [0.05, 0.1) is 6.61 Å². The minimum absolute atomic E-state index is 0.0750. The minimum Gasteiger partial charge on any atom is -0.492 e. The fourth-order valence-electron chi connectivity index (χ4n) is 2.64. The number of allylic oxidation sites excluding steroid dienone is 2. The zero-order valence-electron chi connectivity index (χ0n) is 13.2. The first-order chi connectivity index (χ1) is 11.2. The summed E-state index contributed by atoms with van der Waals surface area (Å²) in [6.07, 6.45) is 0.165. The van der Waals surface area contributed by atoms with E-state index in [1.807, 2.05) is 6.07 Å². The molecule has 0 aliphatic carbocycles. The largest absolute Gasteiger partial charge is 0.492 e. The number of hydrogen-bond donors (Lipinski definition) is 4. The Labute approximate surface area is 138 Å². The zero-order chi connectivity index (χ0) is 18.1. The second-order valence-corrected chi connectivity index (χ2v) is 5.45. The SMILES string of the molecule is C=C/C=C1/C(O)=NC(N)=NN1[C@]1(C#N)O[C@H](COC)[C@@H](O)[C@@]1(C)O. The molecule has 0 radical (unpaired) electrons. The van der Waals surface area contributed by atoms with Crippen LogP contribution in [0.25, 0.3) is 0 Å². The Bertz CT molecular complexity index is 665. The van der Waals surface area contributed by atoms with E-state index in [2.05, 4.69) is 16.7 Å². The molecule has 0 saturated carbocycles. The molecule has 130 valence electrons. The monoisotopic (exact) mass is 337 g/mol. The molecule has 0 amide bonds. The molecule has 1 fully saturated rings. The summed E-state index contributed by atoms with van der Waals surface area (Å²) < 4.78 is 10.6. The van der Waals surface area contributed by atoms with E-state index in [0.717, 1.165) is 5.01 Å². The Morgan fingerprint density at radius 1 is 1.62 bits per heavy atom. The number of aliphatic hydroxyl groups excluding tert-OH is 2. The van der Waals surface area contributed by atoms with Crippen LogP contribution in [0.3, 0.4) is 0 Å². The summed E-state index contributed by atoms with van der Waals surface area (Å²) in [4.78, 5) is 3.60. The highest BCUT2D eigenvalue weighted by molar-refractivity contribution is 6.02. The summed E-state index contributed by atoms with van der Waals surface area (Å²) in [6.45, 7) is 4.65. The first-order valence-electron chi connectivity index (χ1n) is 6.98. The van der Waals surface area contributed by atoms with Gasteiger partial charge in [-0.3, -0.25) is 0 Å². The zero-order valence-corrected chi connectivity index (χ0v) is 13.2. The van der Waals surface area contributed by atoms with Crippen molar-refractivity contribution in [3.05, 3.63) is 24.4 Å². The number of aliphatic imine (C=N–C) groups is 1. The molecule has 2 heterocycles. The maximum absolute atomic E-state index is 10.8. The van der Waals surface area contributed by atoms with Gasteiger partial charge < -0.3 is 30.5 Å². The van der Waals surface area contributed by atoms with Crippen molar-refractivity contribution < 1.29 is 24.8 Å². The van der Waals surface area contributed by atoms with Gasteiger partial charge in [-0.2, -0.15) is 10.3 Å². The fraction of sp³-hybridized carbons (Fsp3) is 0.500. The highest BCUT2D eigenvalue weighted by atomic mass is 16.6. The third-order valence-corrected chi connectivity index (χ3v) is 3.87. The van der Waals surface area contributed by atoms with E-state index in [1.165, 1.54) is 26.2 Å². The summed E-state index contributed by atoms with van der Waals surface area (Å²) in [7, 11) is 1.38. The Balaban J connectivity index is 2.61. The number of methoxy groups -OCH3 is 1. The summed E-state index contributed by atoms with van der Waals surface area (Å²) in [5.74, 6) is -0.895. The van der Waals surface area contributed by atoms with Crippen molar-refractivity contribution in [2.24, 2.45) is 15.8 Å². The van der Waals surface area contributed by atoms with Crippen LogP contribution >= 0.6 is 0 Å². The summed E-state index contributed by atoms with van der Waals surface area (Å²) in [5, 5.41) is 45.7. The Morgan fingerprint density at radius 3 is 2.83 bits per heavy atom. The molecule has 0 aromatic heterocycles. The van der Waals surface area contributed by atoms with E-state index in [9.17, 15) is 20.6 Å². The van der Waals surface area contributed by atoms with E-state index in [1.54, 1.807) is 0 Å². The van der Waals surface area contributed by atoms with E-state index in [4.69, 9.17) is 15.2 Å². The number of nitrogens with two attached hydrogens (primary N) is 1. The predicted octanol–water partition coefficient (Wildman–Crippen LogP) is -1.06. The van der Waals surface area contributed by atoms with E-state index < -0.39 is 29.4 Å². The van der Waals surface area contributed by atoms with E-state index in [-0.39, 0.29) is 18.3 Å². The maximum atomic E-state index is 10.8. The molecule has 2 aliphatic rings. The number of nitrogens with zero attached hydrogens (tertiary/aromatic N) is 4. The average Bonchev–Trinajstić information content (AvgIpc) is 2.71. The number of aliphatic hydroxyl groups is 3. The molecular formula is C14H19N5O5. The molecule has 0 unspecified atom stereocenters. The summed E-state index contributed by atoms with van der Waals surface area (Å²) in [6, 6.07) is 1.82. The topological polar surface area (TPSA) is 157 Å². The maximum Gasteiger partial charge on any atom is 0.282 e. The number of hydrogen-bond acceptors (Lipinski definition) is 9. The number of nitriles is 1. The molecule has 2 aliphatic heterocycles. The summed E-state index contributed by atoms with van der Waals surface area (Å²) >= 11 is 0. The fourth-order valence-corrected chi connectivity index (χ4v) is 2.64. The third kappa shape index (κ3) is 2.44. The highest BCUT2D eigenvalue weighted by Crippen LogP contribution is 2.44. The number of guanidine groups is 1. The van der Waals surface area contributed by atoms with Gasteiger partial charge in [0.25, 0.3) is 5.72 Å². The lowest BCUT2D eigenvalue weighted by Crippen LogP contribution is -2.62. The van der Waals surface area contributed by atoms with Crippen molar-refractivity contribution in [1.29, 1.82) is 5.26 Å². The molecule has 0 aromatic carbocycles. The van der Waals surface area contributed by atoms with Crippen molar-refractivity contribution >= 4 is 11.9 Å². The van der Waals surface area contributed by atoms with Gasteiger partial charge in [0.1, 0.15) is 24.0 Å². The Kier molecular flexibility index (Phi) is 4.63. The molecule has 1 saturated heterocycles. The molecule has 5 N–H and O–H groups in total. The normalized spacial score (nSPS) is 37.8. The number of hydrazone groups is 1. The van der Waals surface area contributed by atoms with Crippen LogP contribution in [0, 0.1) is 11.3 Å². The van der Waals surface area contributed by atoms with Gasteiger partial charge in [0, 0.05) is 7.11 Å². The molecule has 4 atom stereocenters. The molecule has 0 bridgehead atoms. The van der Waals surface area contributed by atoms with Gasteiger partial charge in [-0.05, 0) is 13.0 Å². The van der Waals surface area contributed by atoms with E-state index in [0.29, 0.717) is 0 Å².